The van der Waals surface area contributed by atoms with Crippen LogP contribution in [0.15, 0.2) is 41.7 Å². The Bertz CT molecular complexity index is 927. The zero-order chi connectivity index (χ0) is 18.7. The maximum Gasteiger partial charge on any atom is 0.238 e. The lowest BCUT2D eigenvalue weighted by molar-refractivity contribution is -0.115. The third-order valence-corrected chi connectivity index (χ3v) is 4.92. The summed E-state index contributed by atoms with van der Waals surface area (Å²) < 4.78 is 1.65. The van der Waals surface area contributed by atoms with E-state index in [1.54, 1.807) is 23.7 Å². The maximum absolute atomic E-state index is 12.4. The van der Waals surface area contributed by atoms with Crippen LogP contribution in [0.2, 0.25) is 5.02 Å². The number of benzene rings is 1. The number of pyridine rings is 1. The van der Waals surface area contributed by atoms with Crippen LogP contribution in [0.5, 0.6) is 0 Å². The highest BCUT2D eigenvalue weighted by Gasteiger charge is 2.20. The number of nitrogens with zero attached hydrogens (tertiary/aromatic N) is 5. The zero-order valence-corrected chi connectivity index (χ0v) is 16.0. The van der Waals surface area contributed by atoms with Gasteiger partial charge in [0.25, 0.3) is 0 Å². The summed E-state index contributed by atoms with van der Waals surface area (Å²) in [5.41, 5.74) is 3.05. The quantitative estimate of drug-likeness (QED) is 0.674. The second-order valence-electron chi connectivity index (χ2n) is 5.77. The molecule has 0 aliphatic carbocycles. The third-order valence-electron chi connectivity index (χ3n) is 3.66. The number of halogens is 1. The fraction of sp³-hybridized carbons (Fsp3) is 0.235. The number of amides is 1. The molecule has 0 fully saturated rings. The van der Waals surface area contributed by atoms with Gasteiger partial charge >= 0.3 is 0 Å². The summed E-state index contributed by atoms with van der Waals surface area (Å²) in [6, 6.07) is 9.38. The van der Waals surface area contributed by atoms with E-state index in [-0.39, 0.29) is 5.91 Å². The van der Waals surface area contributed by atoms with E-state index in [2.05, 4.69) is 25.8 Å². The predicted molar refractivity (Wildman–Crippen MR) is 102 cm³/mol. The van der Waals surface area contributed by atoms with Gasteiger partial charge in [-0.15, -0.1) is 5.10 Å². The Morgan fingerprint density at radius 3 is 2.81 bits per heavy atom. The van der Waals surface area contributed by atoms with Gasteiger partial charge in [0.15, 0.2) is 0 Å². The topological polar surface area (TPSA) is 85.6 Å². The molecule has 0 radical (unpaired) electrons. The molecular formula is C17H17ClN6OS. The summed E-state index contributed by atoms with van der Waals surface area (Å²) in [6.07, 6.45) is 1.48. The van der Waals surface area contributed by atoms with Gasteiger partial charge in [-0.1, -0.05) is 35.5 Å². The Hall–Kier alpha value is -2.45. The van der Waals surface area contributed by atoms with Gasteiger partial charge in [0.2, 0.25) is 11.1 Å². The maximum atomic E-state index is 12.4. The van der Waals surface area contributed by atoms with Crippen LogP contribution in [0.1, 0.15) is 18.1 Å². The van der Waals surface area contributed by atoms with Crippen LogP contribution in [0, 0.1) is 13.8 Å². The molecule has 0 saturated heterocycles. The van der Waals surface area contributed by atoms with Crippen LogP contribution in [0.4, 0.5) is 5.82 Å². The van der Waals surface area contributed by atoms with Crippen molar-refractivity contribution in [1.29, 1.82) is 0 Å². The minimum Gasteiger partial charge on any atom is -0.310 e. The summed E-state index contributed by atoms with van der Waals surface area (Å²) in [5, 5.41) is 15.3. The fourth-order valence-electron chi connectivity index (χ4n) is 2.24. The molecule has 1 atom stereocenters. The van der Waals surface area contributed by atoms with E-state index in [1.165, 1.54) is 18.0 Å². The number of hydrogen-bond acceptors (Lipinski definition) is 6. The molecule has 1 N–H and O–H groups in total. The first-order valence-electron chi connectivity index (χ1n) is 7.89. The monoisotopic (exact) mass is 388 g/mol. The van der Waals surface area contributed by atoms with Gasteiger partial charge in [0.05, 0.1) is 16.0 Å². The number of carbonyl (C=O) groups excluding carboxylic acids is 1. The molecule has 0 spiro atoms. The van der Waals surface area contributed by atoms with Crippen molar-refractivity contribution in [3.8, 4) is 5.69 Å². The molecule has 7 nitrogen and oxygen atoms in total. The lowest BCUT2D eigenvalue weighted by Gasteiger charge is -2.12. The average molecular weight is 389 g/mol. The van der Waals surface area contributed by atoms with Crippen LogP contribution >= 0.6 is 23.4 Å². The van der Waals surface area contributed by atoms with Crippen molar-refractivity contribution < 1.29 is 4.79 Å². The SMILES string of the molecule is Cc1ccc(C)c(-n2nnnc2S[C@@H](C)C(=O)Nc2ccc(Cl)cn2)c1. The van der Waals surface area contributed by atoms with E-state index in [1.807, 2.05) is 32.0 Å². The van der Waals surface area contributed by atoms with E-state index >= 15 is 0 Å². The molecule has 0 aliphatic rings. The van der Waals surface area contributed by atoms with Crippen LogP contribution < -0.4 is 5.32 Å². The van der Waals surface area contributed by atoms with Crippen molar-refractivity contribution >= 4 is 35.1 Å². The highest BCUT2D eigenvalue weighted by molar-refractivity contribution is 8.00. The number of nitrogens with one attached hydrogen (secondary N) is 1. The van der Waals surface area contributed by atoms with Gasteiger partial charge in [0, 0.05) is 6.20 Å². The minimum atomic E-state index is -0.414. The van der Waals surface area contributed by atoms with E-state index in [9.17, 15) is 4.79 Å². The Kier molecular flexibility index (Phi) is 5.53. The first kappa shape index (κ1) is 18.3. The predicted octanol–water partition coefficient (Wildman–Crippen LogP) is 3.45. The molecule has 134 valence electrons. The van der Waals surface area contributed by atoms with E-state index in [4.69, 9.17) is 11.6 Å². The van der Waals surface area contributed by atoms with Gasteiger partial charge in [0.1, 0.15) is 5.82 Å². The molecule has 2 aromatic heterocycles. The van der Waals surface area contributed by atoms with Crippen molar-refractivity contribution in [1.82, 2.24) is 25.2 Å². The molecule has 9 heteroatoms. The van der Waals surface area contributed by atoms with Crippen LogP contribution in [-0.2, 0) is 4.79 Å². The van der Waals surface area contributed by atoms with Gasteiger partial charge in [-0.05, 0) is 60.5 Å². The Balaban J connectivity index is 1.75. The summed E-state index contributed by atoms with van der Waals surface area (Å²) in [4.78, 5) is 16.5. The van der Waals surface area contributed by atoms with Crippen LogP contribution in [0.3, 0.4) is 0 Å². The Labute approximate surface area is 160 Å². The summed E-state index contributed by atoms with van der Waals surface area (Å²) >= 11 is 7.08. The van der Waals surface area contributed by atoms with Crippen molar-refractivity contribution in [3.63, 3.8) is 0 Å². The van der Waals surface area contributed by atoms with Crippen LogP contribution in [0.25, 0.3) is 5.69 Å². The number of aromatic nitrogens is 5. The highest BCUT2D eigenvalue weighted by atomic mass is 35.5. The third kappa shape index (κ3) is 4.20. The highest BCUT2D eigenvalue weighted by Crippen LogP contribution is 2.25. The summed E-state index contributed by atoms with van der Waals surface area (Å²) in [7, 11) is 0. The standard InChI is InChI=1S/C17H17ClN6OS/c1-10-4-5-11(2)14(8-10)24-17(21-22-23-24)26-12(3)16(25)20-15-7-6-13(18)9-19-15/h4-9,12H,1-3H3,(H,19,20,25)/t12-/m0/s1. The number of rotatable bonds is 5. The average Bonchev–Trinajstić information content (AvgIpc) is 3.07. The summed E-state index contributed by atoms with van der Waals surface area (Å²) in [5.74, 6) is 0.251. The van der Waals surface area contributed by atoms with Crippen molar-refractivity contribution in [2.45, 2.75) is 31.2 Å². The number of anilines is 1. The molecule has 0 aliphatic heterocycles. The number of thioether (sulfide) groups is 1. The molecule has 0 bridgehead atoms. The van der Waals surface area contributed by atoms with Crippen LogP contribution in [-0.4, -0.2) is 36.3 Å². The second-order valence-corrected chi connectivity index (χ2v) is 7.52. The molecule has 1 aromatic carbocycles. The molecule has 2 heterocycles. The van der Waals surface area contributed by atoms with Gasteiger partial charge in [-0.2, -0.15) is 4.68 Å². The molecule has 0 saturated carbocycles. The Morgan fingerprint density at radius 2 is 2.08 bits per heavy atom. The Morgan fingerprint density at radius 1 is 1.27 bits per heavy atom. The number of aryl methyl sites for hydroxylation is 2. The molecule has 3 rings (SSSR count). The molecule has 1 amide bonds. The zero-order valence-electron chi connectivity index (χ0n) is 14.5. The smallest absolute Gasteiger partial charge is 0.238 e. The first-order valence-corrected chi connectivity index (χ1v) is 9.15. The molecule has 26 heavy (non-hydrogen) atoms. The molecule has 0 unspecified atom stereocenters. The number of tetrazole rings is 1. The van der Waals surface area contributed by atoms with E-state index < -0.39 is 5.25 Å². The summed E-state index contributed by atoms with van der Waals surface area (Å²) in [6.45, 7) is 5.79. The lowest BCUT2D eigenvalue weighted by Crippen LogP contribution is -2.23. The number of hydrogen-bond donors (Lipinski definition) is 1. The number of carbonyl (C=O) groups is 1. The van der Waals surface area contributed by atoms with E-state index in [0.29, 0.717) is 16.0 Å². The fourth-order valence-corrected chi connectivity index (χ4v) is 3.15. The minimum absolute atomic E-state index is 0.194. The van der Waals surface area contributed by atoms with Crippen molar-refractivity contribution in [3.05, 3.63) is 52.7 Å². The van der Waals surface area contributed by atoms with Gasteiger partial charge in [-0.25, -0.2) is 4.98 Å². The largest absolute Gasteiger partial charge is 0.310 e. The molecular weight excluding hydrogens is 372 g/mol. The second kappa shape index (κ2) is 7.84. The van der Waals surface area contributed by atoms with Crippen molar-refractivity contribution in [2.75, 3.05) is 5.32 Å². The van der Waals surface area contributed by atoms with E-state index in [0.717, 1.165) is 16.8 Å². The van der Waals surface area contributed by atoms with Crippen molar-refractivity contribution in [2.24, 2.45) is 0 Å². The lowest BCUT2D eigenvalue weighted by atomic mass is 10.1. The first-order chi connectivity index (χ1) is 12.4. The molecule has 3 aromatic rings. The normalized spacial score (nSPS) is 12.0. The van der Waals surface area contributed by atoms with Gasteiger partial charge < -0.3 is 5.32 Å². The van der Waals surface area contributed by atoms with Gasteiger partial charge in [-0.3, -0.25) is 4.79 Å².